The van der Waals surface area contributed by atoms with Crippen LogP contribution in [-0.2, 0) is 12.7 Å². The standard InChI is InChI=1S/C11H13F3N2/c12-11(13,14)10-5-4-8(7-16-10)6-15-9-2-1-3-9/h4-5,7,9,15H,1-3,6H2. The second-order valence-electron chi connectivity index (χ2n) is 4.06. The van der Waals surface area contributed by atoms with Gasteiger partial charge in [0.1, 0.15) is 5.69 Å². The fourth-order valence-corrected chi connectivity index (χ4v) is 1.57. The molecule has 0 aliphatic heterocycles. The fraction of sp³-hybridized carbons (Fsp3) is 0.545. The van der Waals surface area contributed by atoms with E-state index in [1.165, 1.54) is 18.7 Å². The Morgan fingerprint density at radius 3 is 2.50 bits per heavy atom. The summed E-state index contributed by atoms with van der Waals surface area (Å²) in [5.74, 6) is 0. The normalized spacial score (nSPS) is 17.2. The number of alkyl halides is 3. The van der Waals surface area contributed by atoms with E-state index in [-0.39, 0.29) is 0 Å². The first-order chi connectivity index (χ1) is 7.55. The quantitative estimate of drug-likeness (QED) is 0.863. The molecule has 1 aromatic heterocycles. The Kier molecular flexibility index (Phi) is 3.14. The summed E-state index contributed by atoms with van der Waals surface area (Å²) in [6, 6.07) is 3.03. The van der Waals surface area contributed by atoms with Crippen molar-refractivity contribution in [3.63, 3.8) is 0 Å². The van der Waals surface area contributed by atoms with Crippen LogP contribution < -0.4 is 5.32 Å². The highest BCUT2D eigenvalue weighted by atomic mass is 19.4. The maximum Gasteiger partial charge on any atom is 0.433 e. The van der Waals surface area contributed by atoms with Gasteiger partial charge in [0.2, 0.25) is 0 Å². The molecule has 88 valence electrons. The Balaban J connectivity index is 1.91. The molecule has 1 aromatic rings. The van der Waals surface area contributed by atoms with Crippen LogP contribution in [0.25, 0.3) is 0 Å². The van der Waals surface area contributed by atoms with Gasteiger partial charge in [-0.25, -0.2) is 0 Å². The van der Waals surface area contributed by atoms with Crippen LogP contribution in [0.5, 0.6) is 0 Å². The number of rotatable bonds is 3. The van der Waals surface area contributed by atoms with Gasteiger partial charge in [0.05, 0.1) is 0 Å². The number of nitrogens with one attached hydrogen (secondary N) is 1. The number of halogens is 3. The SMILES string of the molecule is FC(F)(F)c1ccc(CNC2CCC2)cn1. The van der Waals surface area contributed by atoms with Crippen molar-refractivity contribution < 1.29 is 13.2 Å². The van der Waals surface area contributed by atoms with E-state index >= 15 is 0 Å². The Hall–Kier alpha value is -1.10. The molecular weight excluding hydrogens is 217 g/mol. The Morgan fingerprint density at radius 2 is 2.06 bits per heavy atom. The first-order valence-electron chi connectivity index (χ1n) is 5.31. The van der Waals surface area contributed by atoms with Gasteiger partial charge in [-0.15, -0.1) is 0 Å². The average Bonchev–Trinajstić information content (AvgIpc) is 2.15. The van der Waals surface area contributed by atoms with Gasteiger partial charge in [-0.2, -0.15) is 13.2 Å². The van der Waals surface area contributed by atoms with Crippen LogP contribution >= 0.6 is 0 Å². The molecule has 0 unspecified atom stereocenters. The van der Waals surface area contributed by atoms with Crippen molar-refractivity contribution in [1.82, 2.24) is 10.3 Å². The number of hydrogen-bond donors (Lipinski definition) is 1. The minimum atomic E-state index is -4.35. The number of aromatic nitrogens is 1. The molecular formula is C11H13F3N2. The lowest BCUT2D eigenvalue weighted by atomic mass is 9.93. The van der Waals surface area contributed by atoms with Gasteiger partial charge in [0.15, 0.2) is 0 Å². The maximum atomic E-state index is 12.2. The molecule has 1 saturated carbocycles. The summed E-state index contributed by atoms with van der Waals surface area (Å²) < 4.78 is 36.7. The molecule has 0 amide bonds. The minimum absolute atomic E-state index is 0.530. The van der Waals surface area contributed by atoms with Crippen LogP contribution in [0.3, 0.4) is 0 Å². The first-order valence-corrected chi connectivity index (χ1v) is 5.31. The topological polar surface area (TPSA) is 24.9 Å². The molecule has 1 aliphatic rings. The van der Waals surface area contributed by atoms with E-state index in [0.29, 0.717) is 12.6 Å². The van der Waals surface area contributed by atoms with Crippen LogP contribution in [0.15, 0.2) is 18.3 Å². The van der Waals surface area contributed by atoms with Crippen molar-refractivity contribution in [3.8, 4) is 0 Å². The average molecular weight is 230 g/mol. The lowest BCUT2D eigenvalue weighted by Crippen LogP contribution is -2.34. The van der Waals surface area contributed by atoms with E-state index in [1.807, 2.05) is 0 Å². The molecule has 0 radical (unpaired) electrons. The molecule has 1 fully saturated rings. The van der Waals surface area contributed by atoms with Crippen LogP contribution in [0.4, 0.5) is 13.2 Å². The molecule has 16 heavy (non-hydrogen) atoms. The number of pyridine rings is 1. The van der Waals surface area contributed by atoms with E-state index in [4.69, 9.17) is 0 Å². The Morgan fingerprint density at radius 1 is 1.31 bits per heavy atom. The number of nitrogens with zero attached hydrogens (tertiary/aromatic N) is 1. The molecule has 0 atom stereocenters. The van der Waals surface area contributed by atoms with E-state index in [2.05, 4.69) is 10.3 Å². The largest absolute Gasteiger partial charge is 0.433 e. The fourth-order valence-electron chi connectivity index (χ4n) is 1.57. The monoisotopic (exact) mass is 230 g/mol. The van der Waals surface area contributed by atoms with Crippen molar-refractivity contribution in [1.29, 1.82) is 0 Å². The van der Waals surface area contributed by atoms with Gasteiger partial charge in [-0.3, -0.25) is 4.98 Å². The molecule has 0 aromatic carbocycles. The molecule has 2 nitrogen and oxygen atoms in total. The van der Waals surface area contributed by atoms with E-state index in [1.54, 1.807) is 0 Å². The second-order valence-corrected chi connectivity index (χ2v) is 4.06. The summed E-state index contributed by atoms with van der Waals surface area (Å²) in [5.41, 5.74) is -0.0419. The molecule has 1 aliphatic carbocycles. The van der Waals surface area contributed by atoms with Crippen molar-refractivity contribution in [2.24, 2.45) is 0 Å². The van der Waals surface area contributed by atoms with E-state index in [9.17, 15) is 13.2 Å². The summed E-state index contributed by atoms with van der Waals surface area (Å²) in [7, 11) is 0. The highest BCUT2D eigenvalue weighted by Gasteiger charge is 2.31. The van der Waals surface area contributed by atoms with Crippen molar-refractivity contribution in [2.45, 2.75) is 38.0 Å². The minimum Gasteiger partial charge on any atom is -0.310 e. The highest BCUT2D eigenvalue weighted by molar-refractivity contribution is 5.15. The van der Waals surface area contributed by atoms with Gasteiger partial charge in [-0.1, -0.05) is 12.5 Å². The van der Waals surface area contributed by atoms with Crippen LogP contribution in [0.2, 0.25) is 0 Å². The maximum absolute atomic E-state index is 12.2. The summed E-state index contributed by atoms with van der Waals surface area (Å²) in [6.07, 6.45) is 0.499. The third-order valence-corrected chi connectivity index (χ3v) is 2.82. The molecule has 2 rings (SSSR count). The predicted molar refractivity (Wildman–Crippen MR) is 53.7 cm³/mol. The summed E-state index contributed by atoms with van der Waals surface area (Å²) in [4.78, 5) is 3.41. The van der Waals surface area contributed by atoms with E-state index < -0.39 is 11.9 Å². The molecule has 0 saturated heterocycles. The van der Waals surface area contributed by atoms with Crippen molar-refractivity contribution >= 4 is 0 Å². The third kappa shape index (κ3) is 2.72. The third-order valence-electron chi connectivity index (χ3n) is 2.82. The zero-order valence-corrected chi connectivity index (χ0v) is 8.72. The first kappa shape index (κ1) is 11.4. The van der Waals surface area contributed by atoms with Crippen molar-refractivity contribution in [2.75, 3.05) is 0 Å². The van der Waals surface area contributed by atoms with Gasteiger partial charge in [0.25, 0.3) is 0 Å². The van der Waals surface area contributed by atoms with Gasteiger partial charge in [-0.05, 0) is 24.5 Å². The van der Waals surface area contributed by atoms with Gasteiger partial charge >= 0.3 is 6.18 Å². The van der Waals surface area contributed by atoms with Crippen LogP contribution in [-0.4, -0.2) is 11.0 Å². The molecule has 0 spiro atoms. The molecule has 1 N–H and O–H groups in total. The zero-order valence-electron chi connectivity index (χ0n) is 8.72. The number of hydrogen-bond acceptors (Lipinski definition) is 2. The lowest BCUT2D eigenvalue weighted by molar-refractivity contribution is -0.141. The van der Waals surface area contributed by atoms with Crippen molar-refractivity contribution in [3.05, 3.63) is 29.6 Å². The Bertz CT molecular complexity index is 341. The Labute approximate surface area is 91.9 Å². The highest BCUT2D eigenvalue weighted by Crippen LogP contribution is 2.27. The van der Waals surface area contributed by atoms with E-state index in [0.717, 1.165) is 24.5 Å². The molecule has 1 heterocycles. The smallest absolute Gasteiger partial charge is 0.310 e. The molecule has 0 bridgehead atoms. The van der Waals surface area contributed by atoms with Gasteiger partial charge in [0, 0.05) is 18.8 Å². The molecule has 5 heteroatoms. The van der Waals surface area contributed by atoms with Crippen LogP contribution in [0.1, 0.15) is 30.5 Å². The summed E-state index contributed by atoms with van der Waals surface area (Å²) in [6.45, 7) is 0.593. The zero-order chi connectivity index (χ0) is 11.6. The summed E-state index contributed by atoms with van der Waals surface area (Å²) >= 11 is 0. The predicted octanol–water partition coefficient (Wildman–Crippen LogP) is 2.74. The van der Waals surface area contributed by atoms with Gasteiger partial charge < -0.3 is 5.32 Å². The summed E-state index contributed by atoms with van der Waals surface area (Å²) in [5, 5.41) is 3.27. The lowest BCUT2D eigenvalue weighted by Gasteiger charge is -2.26. The second kappa shape index (κ2) is 4.41. The van der Waals surface area contributed by atoms with Crippen LogP contribution in [0, 0.1) is 0 Å².